The van der Waals surface area contributed by atoms with Gasteiger partial charge in [0.2, 0.25) is 0 Å². The van der Waals surface area contributed by atoms with Crippen molar-refractivity contribution in [2.24, 2.45) is 0 Å². The van der Waals surface area contributed by atoms with Crippen LogP contribution in [0.25, 0.3) is 22.4 Å². The Morgan fingerprint density at radius 2 is 1.53 bits per heavy atom. The number of pyridine rings is 1. The Labute approximate surface area is 269 Å². The van der Waals surface area contributed by atoms with E-state index in [0.29, 0.717) is 6.04 Å². The van der Waals surface area contributed by atoms with Gasteiger partial charge in [-0.05, 0) is 55.5 Å². The summed E-state index contributed by atoms with van der Waals surface area (Å²) >= 11 is 0. The van der Waals surface area contributed by atoms with Crippen molar-refractivity contribution in [2.45, 2.75) is 59.9 Å². The average molecular weight is 740 g/mol. The van der Waals surface area contributed by atoms with Gasteiger partial charge in [0.25, 0.3) is 11.4 Å². The molecule has 43 heavy (non-hydrogen) atoms. The second-order valence-corrected chi connectivity index (χ2v) is 12.1. The van der Waals surface area contributed by atoms with Gasteiger partial charge in [0.1, 0.15) is 5.69 Å². The van der Waals surface area contributed by atoms with Crippen LogP contribution >= 0.6 is 0 Å². The number of benzene rings is 4. The standard InChI is InChI=1S/C25H23N2.C14H14N.Ir/c1-17(2)26-16-27(22-14-8-7-13-21(22)26)23-15-9-11-19-18-10-5-6-12-20(18)25(3,4)24(19)23;1-10-4-6-13(7-5-10)14-8-11(2)12(3)9-15-14;/h5-14,17H,1-4H3;4-6,8-9H,1-3H3;/q+1;-1;. The van der Waals surface area contributed by atoms with E-state index in [1.807, 2.05) is 12.3 Å². The van der Waals surface area contributed by atoms with Crippen LogP contribution in [0.1, 0.15) is 55.5 Å². The van der Waals surface area contributed by atoms with Gasteiger partial charge in [0, 0.05) is 38.4 Å². The van der Waals surface area contributed by atoms with Crippen LogP contribution in [0.5, 0.6) is 0 Å². The first kappa shape index (κ1) is 30.5. The van der Waals surface area contributed by atoms with Gasteiger partial charge in [-0.25, -0.2) is 0 Å². The fraction of sp³-hybridized carbons (Fsp3) is 0.231. The third-order valence-corrected chi connectivity index (χ3v) is 8.44. The molecule has 3 nitrogen and oxygen atoms in total. The molecule has 0 N–H and O–H groups in total. The van der Waals surface area contributed by atoms with E-state index in [1.165, 1.54) is 50.3 Å². The van der Waals surface area contributed by atoms with Crippen molar-refractivity contribution in [3.63, 3.8) is 0 Å². The van der Waals surface area contributed by atoms with Crippen LogP contribution in [-0.2, 0) is 25.5 Å². The molecule has 0 amide bonds. The Balaban J connectivity index is 0.000000197. The number of para-hydroxylation sites is 2. The summed E-state index contributed by atoms with van der Waals surface area (Å²) in [5.74, 6) is 0. The summed E-state index contributed by atoms with van der Waals surface area (Å²) in [4.78, 5) is 4.41. The van der Waals surface area contributed by atoms with Crippen molar-refractivity contribution >= 4 is 23.1 Å². The van der Waals surface area contributed by atoms with Gasteiger partial charge in [-0.3, -0.25) is 0 Å². The Morgan fingerprint density at radius 3 is 2.23 bits per heavy atom. The largest absolute Gasteiger partial charge is 0.494 e. The van der Waals surface area contributed by atoms with Crippen molar-refractivity contribution in [1.29, 1.82) is 0 Å². The molecule has 0 saturated carbocycles. The van der Waals surface area contributed by atoms with Crippen LogP contribution < -0.4 is 4.58 Å². The summed E-state index contributed by atoms with van der Waals surface area (Å²) in [5.41, 5.74) is 14.5. The second kappa shape index (κ2) is 12.0. The molecule has 7 rings (SSSR count). The Bertz CT molecular complexity index is 1890. The van der Waals surface area contributed by atoms with Crippen molar-refractivity contribution < 1.29 is 24.7 Å². The zero-order valence-electron chi connectivity index (χ0n) is 25.9. The number of aromatic nitrogens is 1. The first-order valence-corrected chi connectivity index (χ1v) is 14.7. The summed E-state index contributed by atoms with van der Waals surface area (Å²) < 4.78 is 4.42. The van der Waals surface area contributed by atoms with Gasteiger partial charge in [-0.15, -0.1) is 47.0 Å². The van der Waals surface area contributed by atoms with Gasteiger partial charge in [-0.1, -0.05) is 83.5 Å². The first-order chi connectivity index (χ1) is 20.2. The SMILES string of the molecule is CC(C)[N+]1=C=[N+](c2[c-]ccc3c2C(C)(C)c2ccccc2-3)c2ccccc21.Cc1c[c-]c(-c2cc(C)c(C)cn2)cc1.[Ir]. The summed E-state index contributed by atoms with van der Waals surface area (Å²) in [7, 11) is 0. The predicted molar refractivity (Wildman–Crippen MR) is 174 cm³/mol. The molecule has 5 aromatic rings. The van der Waals surface area contributed by atoms with Crippen LogP contribution in [0.2, 0.25) is 0 Å². The van der Waals surface area contributed by atoms with E-state index in [-0.39, 0.29) is 25.5 Å². The van der Waals surface area contributed by atoms with E-state index in [1.54, 1.807) is 0 Å². The van der Waals surface area contributed by atoms with Crippen LogP contribution in [-0.4, -0.2) is 21.6 Å². The molecule has 0 saturated heterocycles. The Morgan fingerprint density at radius 1 is 0.814 bits per heavy atom. The molecule has 0 atom stereocenters. The maximum atomic E-state index is 4.41. The molecular weight excluding hydrogens is 703 g/mol. The fourth-order valence-corrected chi connectivity index (χ4v) is 5.99. The average Bonchev–Trinajstić information content (AvgIpc) is 3.49. The van der Waals surface area contributed by atoms with Crippen molar-refractivity contribution in [2.75, 3.05) is 0 Å². The summed E-state index contributed by atoms with van der Waals surface area (Å²) in [5, 5.41) is 0. The number of hydrogen-bond acceptors (Lipinski definition) is 1. The molecule has 217 valence electrons. The molecular formula is C39H37IrN3. The maximum absolute atomic E-state index is 4.41. The minimum Gasteiger partial charge on any atom is -0.304 e. The van der Waals surface area contributed by atoms with E-state index in [9.17, 15) is 0 Å². The molecule has 0 unspecified atom stereocenters. The fourth-order valence-electron chi connectivity index (χ4n) is 5.99. The monoisotopic (exact) mass is 740 g/mol. The minimum absolute atomic E-state index is 0. The summed E-state index contributed by atoms with van der Waals surface area (Å²) in [6.07, 6.45) is 1.92. The first-order valence-electron chi connectivity index (χ1n) is 14.7. The number of rotatable bonds is 3. The molecule has 1 aliphatic heterocycles. The minimum atomic E-state index is -0.0686. The van der Waals surface area contributed by atoms with Gasteiger partial charge >= 0.3 is 6.01 Å². The van der Waals surface area contributed by atoms with E-state index in [0.717, 1.165) is 16.9 Å². The zero-order chi connectivity index (χ0) is 29.6. The van der Waals surface area contributed by atoms with E-state index >= 15 is 0 Å². The molecule has 2 aliphatic rings. The number of aryl methyl sites for hydroxylation is 3. The van der Waals surface area contributed by atoms with Gasteiger partial charge in [0.15, 0.2) is 6.04 Å². The van der Waals surface area contributed by atoms with Crippen molar-refractivity contribution in [1.82, 2.24) is 9.56 Å². The third kappa shape index (κ3) is 5.48. The molecule has 0 fully saturated rings. The van der Waals surface area contributed by atoms with Crippen LogP contribution in [0.4, 0.5) is 17.1 Å². The van der Waals surface area contributed by atoms with Gasteiger partial charge < -0.3 is 4.98 Å². The van der Waals surface area contributed by atoms with Gasteiger partial charge in [0.05, 0.1) is 0 Å². The van der Waals surface area contributed by atoms with E-state index in [4.69, 9.17) is 0 Å². The molecule has 1 aromatic heterocycles. The summed E-state index contributed by atoms with van der Waals surface area (Å²) in [6, 6.07) is 40.5. The van der Waals surface area contributed by atoms with Crippen LogP contribution in [0, 0.1) is 32.9 Å². The van der Waals surface area contributed by atoms with Crippen molar-refractivity contribution in [3.8, 4) is 22.4 Å². The quantitative estimate of drug-likeness (QED) is 0.133. The molecule has 1 radical (unpaired) electrons. The molecule has 0 spiro atoms. The summed E-state index contributed by atoms with van der Waals surface area (Å²) in [6.45, 7) is 15.3. The van der Waals surface area contributed by atoms with E-state index in [2.05, 4.69) is 160 Å². The Kier molecular flexibility index (Phi) is 8.50. The number of fused-ring (bicyclic) bond motifs is 4. The van der Waals surface area contributed by atoms with Gasteiger partial charge in [-0.2, -0.15) is 12.1 Å². The normalized spacial score (nSPS) is 13.6. The molecule has 2 heterocycles. The Hall–Kier alpha value is -3.94. The topological polar surface area (TPSA) is 18.9 Å². The van der Waals surface area contributed by atoms with Crippen molar-refractivity contribution in [3.05, 3.63) is 131 Å². The smallest absolute Gasteiger partial charge is 0.304 e. The molecule has 4 aromatic carbocycles. The molecule has 4 heteroatoms. The van der Waals surface area contributed by atoms with Crippen LogP contribution in [0.3, 0.4) is 0 Å². The van der Waals surface area contributed by atoms with E-state index < -0.39 is 0 Å². The third-order valence-electron chi connectivity index (χ3n) is 8.44. The maximum Gasteiger partial charge on any atom is 0.494 e. The predicted octanol–water partition coefficient (Wildman–Crippen LogP) is 9.34. The molecule has 0 bridgehead atoms. The zero-order valence-corrected chi connectivity index (χ0v) is 28.3. The van der Waals surface area contributed by atoms with Crippen LogP contribution in [0.15, 0.2) is 91.1 Å². The molecule has 1 aliphatic carbocycles. The number of nitrogens with zero attached hydrogens (tertiary/aromatic N) is 3. The second-order valence-electron chi connectivity index (χ2n) is 12.1. The number of hydrogen-bond donors (Lipinski definition) is 0.